The molecule has 0 aromatic heterocycles. The highest BCUT2D eigenvalue weighted by Crippen LogP contribution is 2.22. The van der Waals surface area contributed by atoms with Gasteiger partial charge in [-0.15, -0.1) is 24.8 Å². The molecular weight excluding hydrogens is 295 g/mol. The third kappa shape index (κ3) is 5.17. The lowest BCUT2D eigenvalue weighted by atomic mass is 10.1. The molecule has 3 nitrogen and oxygen atoms in total. The molecule has 20 heavy (non-hydrogen) atoms. The molecule has 0 saturated heterocycles. The molecule has 112 valence electrons. The molecule has 2 aromatic rings. The lowest BCUT2D eigenvalue weighted by Crippen LogP contribution is -2.19. The Morgan fingerprint density at radius 2 is 1.65 bits per heavy atom. The first kappa shape index (κ1) is 19.0. The molecule has 0 fully saturated rings. The molecule has 0 amide bonds. The number of benzene rings is 2. The zero-order valence-electron chi connectivity index (χ0n) is 11.8. The van der Waals surface area contributed by atoms with E-state index in [1.54, 1.807) is 0 Å². The Labute approximate surface area is 132 Å². The minimum atomic E-state index is 0. The summed E-state index contributed by atoms with van der Waals surface area (Å²) in [6, 6.07) is 12.4. The van der Waals surface area contributed by atoms with Crippen molar-refractivity contribution < 1.29 is 4.74 Å². The van der Waals surface area contributed by atoms with Crippen molar-refractivity contribution in [3.63, 3.8) is 0 Å². The Morgan fingerprint density at radius 3 is 2.30 bits per heavy atom. The van der Waals surface area contributed by atoms with Crippen LogP contribution < -0.4 is 10.5 Å². The lowest BCUT2D eigenvalue weighted by Gasteiger charge is -2.11. The van der Waals surface area contributed by atoms with Crippen molar-refractivity contribution in [1.29, 1.82) is 0 Å². The van der Waals surface area contributed by atoms with Gasteiger partial charge in [0.25, 0.3) is 0 Å². The molecule has 0 bridgehead atoms. The van der Waals surface area contributed by atoms with Gasteiger partial charge in [0.1, 0.15) is 12.4 Å². The third-order valence-corrected chi connectivity index (χ3v) is 2.92. The molecule has 5 heteroatoms. The first-order valence-corrected chi connectivity index (χ1v) is 6.19. The van der Waals surface area contributed by atoms with E-state index < -0.39 is 0 Å². The Bertz CT molecular complexity index is 532. The number of rotatable bonds is 5. The number of fused-ring (bicyclic) bond motifs is 1. The molecule has 2 aromatic carbocycles. The largest absolute Gasteiger partial charge is 0.492 e. The summed E-state index contributed by atoms with van der Waals surface area (Å²) >= 11 is 0. The number of likely N-dealkylation sites (N-methyl/N-ethyl adjacent to an activating group) is 1. The Balaban J connectivity index is 0.00000180. The van der Waals surface area contributed by atoms with Gasteiger partial charge in [0.2, 0.25) is 0 Å². The van der Waals surface area contributed by atoms with Crippen molar-refractivity contribution in [2.45, 2.75) is 6.54 Å². The predicted molar refractivity (Wildman–Crippen MR) is 90.4 cm³/mol. The van der Waals surface area contributed by atoms with Gasteiger partial charge in [-0.05, 0) is 48.6 Å². The fraction of sp³-hybridized carbons (Fsp3) is 0.333. The summed E-state index contributed by atoms with van der Waals surface area (Å²) in [5.41, 5.74) is 6.79. The quantitative estimate of drug-likeness (QED) is 0.921. The highest BCUT2D eigenvalue weighted by atomic mass is 35.5. The highest BCUT2D eigenvalue weighted by molar-refractivity contribution is 5.86. The van der Waals surface area contributed by atoms with Crippen LogP contribution in [0.5, 0.6) is 5.75 Å². The van der Waals surface area contributed by atoms with Crippen molar-refractivity contribution >= 4 is 35.6 Å². The number of hydrogen-bond acceptors (Lipinski definition) is 3. The molecule has 0 aliphatic rings. The maximum atomic E-state index is 5.72. The molecule has 0 heterocycles. The van der Waals surface area contributed by atoms with E-state index in [9.17, 15) is 0 Å². The standard InChI is InChI=1S/C15H20N2O.2ClH/c1-17(2)7-8-18-15-6-5-13-9-12(11-16)3-4-14(13)10-15;;/h3-6,9-10H,7-8,11,16H2,1-2H3;2*1H. The van der Waals surface area contributed by atoms with Gasteiger partial charge in [-0.3, -0.25) is 0 Å². The van der Waals surface area contributed by atoms with Crippen LogP contribution in [0.15, 0.2) is 36.4 Å². The molecule has 0 spiro atoms. The van der Waals surface area contributed by atoms with E-state index in [2.05, 4.69) is 35.2 Å². The molecule has 2 N–H and O–H groups in total. The summed E-state index contributed by atoms with van der Waals surface area (Å²) in [4.78, 5) is 2.11. The zero-order valence-corrected chi connectivity index (χ0v) is 13.5. The molecule has 0 aliphatic carbocycles. The summed E-state index contributed by atoms with van der Waals surface area (Å²) in [7, 11) is 4.08. The topological polar surface area (TPSA) is 38.5 Å². The summed E-state index contributed by atoms with van der Waals surface area (Å²) < 4.78 is 5.72. The van der Waals surface area contributed by atoms with E-state index in [0.717, 1.165) is 17.9 Å². The first-order chi connectivity index (χ1) is 8.69. The van der Waals surface area contributed by atoms with E-state index in [1.165, 1.54) is 10.8 Å². The Hall–Kier alpha value is -1.000. The van der Waals surface area contributed by atoms with Crippen LogP contribution in [0.3, 0.4) is 0 Å². The van der Waals surface area contributed by atoms with Crippen LogP contribution in [0.1, 0.15) is 5.56 Å². The SMILES string of the molecule is CN(C)CCOc1ccc2cc(CN)ccc2c1.Cl.Cl. The van der Waals surface area contributed by atoms with Crippen LogP contribution in [0, 0.1) is 0 Å². The summed E-state index contributed by atoms with van der Waals surface area (Å²) in [6.45, 7) is 2.21. The van der Waals surface area contributed by atoms with E-state index in [0.29, 0.717) is 13.2 Å². The van der Waals surface area contributed by atoms with Crippen molar-refractivity contribution in [3.8, 4) is 5.75 Å². The number of nitrogens with zero attached hydrogens (tertiary/aromatic N) is 1. The second kappa shape index (κ2) is 9.03. The van der Waals surface area contributed by atoms with Crippen LogP contribution in [0.2, 0.25) is 0 Å². The van der Waals surface area contributed by atoms with Gasteiger partial charge in [-0.25, -0.2) is 0 Å². The van der Waals surface area contributed by atoms with Gasteiger partial charge in [0.05, 0.1) is 0 Å². The molecule has 0 radical (unpaired) electrons. The molecule has 0 atom stereocenters. The maximum Gasteiger partial charge on any atom is 0.120 e. The molecule has 0 saturated carbocycles. The highest BCUT2D eigenvalue weighted by Gasteiger charge is 1.99. The Morgan fingerprint density at radius 1 is 1.00 bits per heavy atom. The summed E-state index contributed by atoms with van der Waals surface area (Å²) in [5, 5.41) is 2.40. The van der Waals surface area contributed by atoms with E-state index in [4.69, 9.17) is 10.5 Å². The number of ether oxygens (including phenoxy) is 1. The van der Waals surface area contributed by atoms with Crippen molar-refractivity contribution in [2.24, 2.45) is 5.73 Å². The average molecular weight is 317 g/mol. The van der Waals surface area contributed by atoms with Gasteiger partial charge in [-0.2, -0.15) is 0 Å². The van der Waals surface area contributed by atoms with E-state index >= 15 is 0 Å². The molecule has 2 rings (SSSR count). The van der Waals surface area contributed by atoms with E-state index in [-0.39, 0.29) is 24.8 Å². The van der Waals surface area contributed by atoms with Crippen LogP contribution in [-0.4, -0.2) is 32.1 Å². The van der Waals surface area contributed by atoms with Gasteiger partial charge < -0.3 is 15.4 Å². The summed E-state index contributed by atoms with van der Waals surface area (Å²) in [5.74, 6) is 0.921. The van der Waals surface area contributed by atoms with Crippen LogP contribution in [0.25, 0.3) is 10.8 Å². The lowest BCUT2D eigenvalue weighted by molar-refractivity contribution is 0.261. The number of nitrogens with two attached hydrogens (primary N) is 1. The van der Waals surface area contributed by atoms with Crippen LogP contribution >= 0.6 is 24.8 Å². The fourth-order valence-corrected chi connectivity index (χ4v) is 1.84. The number of halogens is 2. The zero-order chi connectivity index (χ0) is 13.0. The van der Waals surface area contributed by atoms with E-state index in [1.807, 2.05) is 20.2 Å². The van der Waals surface area contributed by atoms with Crippen LogP contribution in [-0.2, 0) is 6.54 Å². The van der Waals surface area contributed by atoms with Gasteiger partial charge in [-0.1, -0.05) is 18.2 Å². The van der Waals surface area contributed by atoms with Crippen LogP contribution in [0.4, 0.5) is 0 Å². The minimum Gasteiger partial charge on any atom is -0.492 e. The Kier molecular flexibility index (Phi) is 8.58. The molecule has 0 unspecified atom stereocenters. The number of hydrogen-bond donors (Lipinski definition) is 1. The van der Waals surface area contributed by atoms with Gasteiger partial charge in [0, 0.05) is 13.1 Å². The summed E-state index contributed by atoms with van der Waals surface area (Å²) in [6.07, 6.45) is 0. The molecular formula is C15H22Cl2N2O. The first-order valence-electron chi connectivity index (χ1n) is 6.19. The maximum absolute atomic E-state index is 5.72. The van der Waals surface area contributed by atoms with Gasteiger partial charge >= 0.3 is 0 Å². The van der Waals surface area contributed by atoms with Crippen molar-refractivity contribution in [2.75, 3.05) is 27.2 Å². The third-order valence-electron chi connectivity index (χ3n) is 2.92. The predicted octanol–water partition coefficient (Wildman–Crippen LogP) is 3.08. The fourth-order valence-electron chi connectivity index (χ4n) is 1.84. The van der Waals surface area contributed by atoms with Crippen molar-refractivity contribution in [3.05, 3.63) is 42.0 Å². The second-order valence-corrected chi connectivity index (χ2v) is 4.70. The second-order valence-electron chi connectivity index (χ2n) is 4.70. The molecule has 0 aliphatic heterocycles. The normalized spacial score (nSPS) is 10.0. The van der Waals surface area contributed by atoms with Gasteiger partial charge in [0.15, 0.2) is 0 Å². The average Bonchev–Trinajstić information content (AvgIpc) is 2.37. The van der Waals surface area contributed by atoms with Crippen molar-refractivity contribution in [1.82, 2.24) is 4.90 Å². The monoisotopic (exact) mass is 316 g/mol. The minimum absolute atomic E-state index is 0. The smallest absolute Gasteiger partial charge is 0.120 e.